The van der Waals surface area contributed by atoms with E-state index in [0.29, 0.717) is 6.42 Å². The van der Waals surface area contributed by atoms with Crippen molar-refractivity contribution in [2.75, 3.05) is 7.11 Å². The van der Waals surface area contributed by atoms with E-state index in [9.17, 15) is 4.79 Å². The van der Waals surface area contributed by atoms with Gasteiger partial charge < -0.3 is 10.5 Å². The highest BCUT2D eigenvalue weighted by molar-refractivity contribution is 5.86. The van der Waals surface area contributed by atoms with E-state index < -0.39 is 6.04 Å². The van der Waals surface area contributed by atoms with Crippen LogP contribution in [0.2, 0.25) is 0 Å². The molecule has 0 saturated heterocycles. The molecule has 2 aromatic carbocycles. The molecule has 1 atom stereocenters. The van der Waals surface area contributed by atoms with E-state index >= 15 is 0 Å². The Morgan fingerprint density at radius 2 is 1.89 bits per heavy atom. The summed E-state index contributed by atoms with van der Waals surface area (Å²) in [5.41, 5.74) is 6.85. The summed E-state index contributed by atoms with van der Waals surface area (Å²) in [4.78, 5) is 11.3. The van der Waals surface area contributed by atoms with Gasteiger partial charge in [0.2, 0.25) is 0 Å². The minimum atomic E-state index is -0.606. The maximum absolute atomic E-state index is 11.3. The quantitative estimate of drug-likeness (QED) is 0.867. The molecule has 1 unspecified atom stereocenters. The number of esters is 1. The zero-order chi connectivity index (χ0) is 12.3. The maximum atomic E-state index is 11.3. The Morgan fingerprint density at radius 3 is 2.61 bits per heavy atom. The van der Waals surface area contributed by atoms with Gasteiger partial charge in [0.1, 0.15) is 6.04 Å². The number of halogens is 1. The highest BCUT2D eigenvalue weighted by atomic mass is 35.5. The molecular weight excluding hydrogens is 250 g/mol. The van der Waals surface area contributed by atoms with Gasteiger partial charge in [-0.05, 0) is 22.8 Å². The molecule has 3 nitrogen and oxygen atoms in total. The lowest BCUT2D eigenvalue weighted by Crippen LogP contribution is -2.33. The molecule has 0 bridgehead atoms. The summed E-state index contributed by atoms with van der Waals surface area (Å²) in [5.74, 6) is -0.377. The average Bonchev–Trinajstić information content (AvgIpc) is 2.38. The van der Waals surface area contributed by atoms with Crippen LogP contribution in [0.4, 0.5) is 0 Å². The average molecular weight is 266 g/mol. The van der Waals surface area contributed by atoms with Gasteiger partial charge >= 0.3 is 5.97 Å². The Labute approximate surface area is 112 Å². The Hall–Kier alpha value is -1.58. The summed E-state index contributed by atoms with van der Waals surface area (Å²) >= 11 is 0. The minimum Gasteiger partial charge on any atom is -0.468 e. The van der Waals surface area contributed by atoms with E-state index in [1.165, 1.54) is 7.11 Å². The first-order chi connectivity index (χ1) is 8.22. The SMILES string of the molecule is COC(=O)C(N)Cc1cccc2ccccc12.Cl. The molecule has 0 aliphatic carbocycles. The number of rotatable bonds is 3. The molecule has 0 amide bonds. The number of methoxy groups -OCH3 is 1. The molecule has 0 aliphatic rings. The van der Waals surface area contributed by atoms with E-state index in [4.69, 9.17) is 5.73 Å². The molecular formula is C14H16ClNO2. The fraction of sp³-hybridized carbons (Fsp3) is 0.214. The van der Waals surface area contributed by atoms with Gasteiger partial charge in [0.25, 0.3) is 0 Å². The molecule has 0 radical (unpaired) electrons. The van der Waals surface area contributed by atoms with Gasteiger partial charge in [-0.1, -0.05) is 42.5 Å². The molecule has 96 valence electrons. The maximum Gasteiger partial charge on any atom is 0.322 e. The number of ether oxygens (including phenoxy) is 1. The summed E-state index contributed by atoms with van der Waals surface area (Å²) in [6, 6.07) is 13.5. The molecule has 4 heteroatoms. The predicted molar refractivity (Wildman–Crippen MR) is 74.9 cm³/mol. The Kier molecular flexibility index (Phi) is 5.13. The van der Waals surface area contributed by atoms with Crippen molar-refractivity contribution in [1.29, 1.82) is 0 Å². The summed E-state index contributed by atoms with van der Waals surface area (Å²) in [6.07, 6.45) is 0.494. The van der Waals surface area contributed by atoms with Crippen molar-refractivity contribution in [3.05, 3.63) is 48.0 Å². The highest BCUT2D eigenvalue weighted by Gasteiger charge is 2.15. The summed E-state index contributed by atoms with van der Waals surface area (Å²) in [6.45, 7) is 0. The largest absolute Gasteiger partial charge is 0.468 e. The van der Waals surface area contributed by atoms with Crippen LogP contribution < -0.4 is 5.73 Å². The lowest BCUT2D eigenvalue weighted by atomic mass is 9.99. The molecule has 0 spiro atoms. The van der Waals surface area contributed by atoms with Gasteiger partial charge in [-0.2, -0.15) is 0 Å². The summed E-state index contributed by atoms with van der Waals surface area (Å²) in [5, 5.41) is 2.29. The van der Waals surface area contributed by atoms with E-state index in [2.05, 4.69) is 4.74 Å². The van der Waals surface area contributed by atoms with Gasteiger partial charge in [0.05, 0.1) is 7.11 Å². The van der Waals surface area contributed by atoms with Crippen molar-refractivity contribution in [2.45, 2.75) is 12.5 Å². The lowest BCUT2D eigenvalue weighted by Gasteiger charge is -2.11. The molecule has 2 rings (SSSR count). The van der Waals surface area contributed by atoms with E-state index in [-0.39, 0.29) is 18.4 Å². The molecule has 2 N–H and O–H groups in total. The number of nitrogens with two attached hydrogens (primary N) is 1. The molecule has 0 saturated carbocycles. The van der Waals surface area contributed by atoms with Gasteiger partial charge in [0.15, 0.2) is 0 Å². The van der Waals surface area contributed by atoms with Crippen LogP contribution in [-0.2, 0) is 16.0 Å². The standard InChI is InChI=1S/C14H15NO2.ClH/c1-17-14(16)13(15)9-11-7-4-6-10-5-2-3-8-12(10)11;/h2-8,13H,9,15H2,1H3;1H. The second-order valence-corrected chi connectivity index (χ2v) is 3.97. The first kappa shape index (κ1) is 14.5. The number of carbonyl (C=O) groups is 1. The third-order valence-electron chi connectivity index (χ3n) is 2.82. The zero-order valence-corrected chi connectivity index (χ0v) is 10.9. The van der Waals surface area contributed by atoms with Crippen LogP contribution in [0.15, 0.2) is 42.5 Å². The molecule has 2 aromatic rings. The van der Waals surface area contributed by atoms with Crippen LogP contribution in [0, 0.1) is 0 Å². The molecule has 0 fully saturated rings. The second-order valence-electron chi connectivity index (χ2n) is 3.97. The number of hydrogen-bond donors (Lipinski definition) is 1. The van der Waals surface area contributed by atoms with Gasteiger partial charge in [-0.15, -0.1) is 12.4 Å². The Morgan fingerprint density at radius 1 is 1.22 bits per heavy atom. The first-order valence-corrected chi connectivity index (χ1v) is 5.52. The van der Waals surface area contributed by atoms with Crippen molar-refractivity contribution >= 4 is 29.1 Å². The number of hydrogen-bond acceptors (Lipinski definition) is 3. The van der Waals surface area contributed by atoms with Crippen LogP contribution >= 0.6 is 12.4 Å². The van der Waals surface area contributed by atoms with Crippen LogP contribution in [0.3, 0.4) is 0 Å². The summed E-state index contributed by atoms with van der Waals surface area (Å²) < 4.78 is 4.63. The topological polar surface area (TPSA) is 52.3 Å². The van der Waals surface area contributed by atoms with Crippen LogP contribution in [0.5, 0.6) is 0 Å². The smallest absolute Gasteiger partial charge is 0.322 e. The normalized spacial score (nSPS) is 11.7. The Balaban J connectivity index is 0.00000162. The number of benzene rings is 2. The molecule has 0 aliphatic heterocycles. The first-order valence-electron chi connectivity index (χ1n) is 5.52. The molecule has 0 aromatic heterocycles. The van der Waals surface area contributed by atoms with Crippen LogP contribution in [-0.4, -0.2) is 19.1 Å². The second kappa shape index (κ2) is 6.38. The van der Waals surface area contributed by atoms with Gasteiger partial charge in [-0.25, -0.2) is 0 Å². The van der Waals surface area contributed by atoms with E-state index in [0.717, 1.165) is 16.3 Å². The Bertz CT molecular complexity index is 537. The third-order valence-corrected chi connectivity index (χ3v) is 2.82. The third kappa shape index (κ3) is 3.00. The van der Waals surface area contributed by atoms with Crippen LogP contribution in [0.25, 0.3) is 10.8 Å². The zero-order valence-electron chi connectivity index (χ0n) is 10.1. The van der Waals surface area contributed by atoms with E-state index in [1.54, 1.807) is 0 Å². The van der Waals surface area contributed by atoms with Crippen molar-refractivity contribution < 1.29 is 9.53 Å². The predicted octanol–water partition coefficient (Wildman–Crippen LogP) is 2.30. The monoisotopic (exact) mass is 265 g/mol. The van der Waals surface area contributed by atoms with E-state index in [1.807, 2.05) is 42.5 Å². The fourth-order valence-electron chi connectivity index (χ4n) is 1.94. The molecule has 18 heavy (non-hydrogen) atoms. The molecule has 0 heterocycles. The van der Waals surface area contributed by atoms with Crippen molar-refractivity contribution in [2.24, 2.45) is 5.73 Å². The van der Waals surface area contributed by atoms with Crippen molar-refractivity contribution in [3.63, 3.8) is 0 Å². The minimum absolute atomic E-state index is 0. The van der Waals surface area contributed by atoms with Crippen LogP contribution in [0.1, 0.15) is 5.56 Å². The van der Waals surface area contributed by atoms with Crippen molar-refractivity contribution in [3.8, 4) is 0 Å². The van der Waals surface area contributed by atoms with Crippen molar-refractivity contribution in [1.82, 2.24) is 0 Å². The van der Waals surface area contributed by atoms with Gasteiger partial charge in [-0.3, -0.25) is 4.79 Å². The van der Waals surface area contributed by atoms with Gasteiger partial charge in [0, 0.05) is 0 Å². The highest BCUT2D eigenvalue weighted by Crippen LogP contribution is 2.19. The fourth-order valence-corrected chi connectivity index (χ4v) is 1.94. The number of carbonyl (C=O) groups excluding carboxylic acids is 1. The summed E-state index contributed by atoms with van der Waals surface area (Å²) in [7, 11) is 1.35. The number of fused-ring (bicyclic) bond motifs is 1. The lowest BCUT2D eigenvalue weighted by molar-refractivity contribution is -0.142.